The molecule has 0 aliphatic heterocycles. The Morgan fingerprint density at radius 1 is 1.44 bits per heavy atom. The molecule has 2 N–H and O–H groups in total. The minimum atomic E-state index is -0.990. The number of carbonyl (C=O) groups is 2. The number of amides is 1. The number of anilines is 1. The zero-order valence-corrected chi connectivity index (χ0v) is 9.17. The van der Waals surface area contributed by atoms with Gasteiger partial charge in [-0.3, -0.25) is 4.79 Å². The van der Waals surface area contributed by atoms with Crippen LogP contribution < -0.4 is 5.32 Å². The van der Waals surface area contributed by atoms with E-state index in [1.165, 1.54) is 30.4 Å². The first-order valence-electron chi connectivity index (χ1n) is 4.48. The number of nitrogens with one attached hydrogen (secondary N) is 1. The van der Waals surface area contributed by atoms with Gasteiger partial charge in [0.15, 0.2) is 5.13 Å². The van der Waals surface area contributed by atoms with Crippen LogP contribution in [0.5, 0.6) is 0 Å². The van der Waals surface area contributed by atoms with E-state index in [2.05, 4.69) is 10.3 Å². The van der Waals surface area contributed by atoms with Crippen LogP contribution in [-0.4, -0.2) is 22.0 Å². The van der Waals surface area contributed by atoms with Gasteiger partial charge in [-0.25, -0.2) is 9.78 Å². The van der Waals surface area contributed by atoms with Gasteiger partial charge in [-0.2, -0.15) is 0 Å². The first-order valence-corrected chi connectivity index (χ1v) is 5.29. The summed E-state index contributed by atoms with van der Waals surface area (Å²) < 4.78 is 0.841. The van der Waals surface area contributed by atoms with Crippen molar-refractivity contribution in [3.63, 3.8) is 0 Å². The second kappa shape index (κ2) is 3.90. The average molecular weight is 236 g/mol. The molecule has 0 bridgehead atoms. The molecule has 0 aliphatic rings. The van der Waals surface area contributed by atoms with Crippen molar-refractivity contribution in [1.82, 2.24) is 4.98 Å². The van der Waals surface area contributed by atoms with Crippen LogP contribution in [-0.2, 0) is 4.79 Å². The molecule has 0 spiro atoms. The summed E-state index contributed by atoms with van der Waals surface area (Å²) in [5, 5.41) is 11.8. The van der Waals surface area contributed by atoms with Crippen LogP contribution >= 0.6 is 11.3 Å². The van der Waals surface area contributed by atoms with Crippen LogP contribution in [0.25, 0.3) is 10.2 Å². The second-order valence-corrected chi connectivity index (χ2v) is 4.22. The molecule has 0 saturated carbocycles. The van der Waals surface area contributed by atoms with Crippen LogP contribution in [0.4, 0.5) is 5.13 Å². The van der Waals surface area contributed by atoms with Gasteiger partial charge >= 0.3 is 5.97 Å². The Kier molecular flexibility index (Phi) is 2.57. The van der Waals surface area contributed by atoms with E-state index in [-0.39, 0.29) is 11.5 Å². The SMILES string of the molecule is CC(=O)Nc1nc2cc(C(=O)O)ccc2s1. The number of aromatic carboxylic acids is 1. The van der Waals surface area contributed by atoms with Gasteiger partial charge in [-0.1, -0.05) is 11.3 Å². The molecule has 1 amide bonds. The molecule has 1 aromatic carbocycles. The highest BCUT2D eigenvalue weighted by Gasteiger charge is 2.08. The molecular weight excluding hydrogens is 228 g/mol. The summed E-state index contributed by atoms with van der Waals surface area (Å²) in [4.78, 5) is 25.7. The fourth-order valence-corrected chi connectivity index (χ4v) is 2.16. The maximum Gasteiger partial charge on any atom is 0.335 e. The number of fused-ring (bicyclic) bond motifs is 1. The molecule has 82 valence electrons. The number of carboxylic acids is 1. The highest BCUT2D eigenvalue weighted by molar-refractivity contribution is 7.22. The zero-order chi connectivity index (χ0) is 11.7. The summed E-state index contributed by atoms with van der Waals surface area (Å²) in [6.07, 6.45) is 0. The fourth-order valence-electron chi connectivity index (χ4n) is 1.26. The summed E-state index contributed by atoms with van der Waals surface area (Å²) in [5.74, 6) is -1.19. The largest absolute Gasteiger partial charge is 0.478 e. The quantitative estimate of drug-likeness (QED) is 0.835. The van der Waals surface area contributed by atoms with Gasteiger partial charge in [0.1, 0.15) is 0 Å². The van der Waals surface area contributed by atoms with Crippen molar-refractivity contribution in [2.45, 2.75) is 6.92 Å². The van der Waals surface area contributed by atoms with Crippen molar-refractivity contribution in [3.05, 3.63) is 23.8 Å². The molecule has 2 rings (SSSR count). The Hall–Kier alpha value is -1.95. The molecule has 0 saturated heterocycles. The molecule has 6 heteroatoms. The third kappa shape index (κ3) is 2.01. The van der Waals surface area contributed by atoms with E-state index >= 15 is 0 Å². The molecule has 1 heterocycles. The zero-order valence-electron chi connectivity index (χ0n) is 8.35. The van der Waals surface area contributed by atoms with Crippen molar-refractivity contribution in [2.24, 2.45) is 0 Å². The van der Waals surface area contributed by atoms with Crippen molar-refractivity contribution < 1.29 is 14.7 Å². The third-order valence-corrected chi connectivity index (χ3v) is 2.87. The van der Waals surface area contributed by atoms with Crippen molar-refractivity contribution in [1.29, 1.82) is 0 Å². The number of benzene rings is 1. The molecule has 5 nitrogen and oxygen atoms in total. The maximum absolute atomic E-state index is 10.8. The smallest absolute Gasteiger partial charge is 0.335 e. The molecule has 0 unspecified atom stereocenters. The summed E-state index contributed by atoms with van der Waals surface area (Å²) in [7, 11) is 0. The highest BCUT2D eigenvalue weighted by atomic mass is 32.1. The number of hydrogen-bond donors (Lipinski definition) is 2. The number of thiazole rings is 1. The van der Waals surface area contributed by atoms with Crippen LogP contribution in [0.3, 0.4) is 0 Å². The molecule has 0 aliphatic carbocycles. The molecular formula is C10H8N2O3S. The summed E-state index contributed by atoms with van der Waals surface area (Å²) in [5.41, 5.74) is 0.765. The van der Waals surface area contributed by atoms with E-state index in [4.69, 9.17) is 5.11 Å². The average Bonchev–Trinajstić information content (AvgIpc) is 2.56. The second-order valence-electron chi connectivity index (χ2n) is 3.19. The van der Waals surface area contributed by atoms with Crippen LogP contribution in [0.1, 0.15) is 17.3 Å². The van der Waals surface area contributed by atoms with E-state index in [0.717, 1.165) is 4.70 Å². The Bertz CT molecular complexity index is 576. The van der Waals surface area contributed by atoms with Gasteiger partial charge in [0, 0.05) is 6.92 Å². The minimum Gasteiger partial charge on any atom is -0.478 e. The summed E-state index contributed by atoms with van der Waals surface area (Å²) in [6.45, 7) is 1.40. The first-order chi connectivity index (χ1) is 7.56. The third-order valence-electron chi connectivity index (χ3n) is 1.92. The van der Waals surface area contributed by atoms with E-state index in [0.29, 0.717) is 10.6 Å². The summed E-state index contributed by atoms with van der Waals surface area (Å²) >= 11 is 1.31. The molecule has 0 radical (unpaired) electrons. The van der Waals surface area contributed by atoms with E-state index in [1.54, 1.807) is 6.07 Å². The molecule has 2 aromatic rings. The molecule has 16 heavy (non-hydrogen) atoms. The standard InChI is InChI=1S/C10H8N2O3S/c1-5(13)11-10-12-7-4-6(9(14)15)2-3-8(7)16-10/h2-4H,1H3,(H,14,15)(H,11,12,13). The lowest BCUT2D eigenvalue weighted by atomic mass is 10.2. The van der Waals surface area contributed by atoms with E-state index in [9.17, 15) is 9.59 Å². The number of carbonyl (C=O) groups excluding carboxylic acids is 1. The Morgan fingerprint density at radius 3 is 2.81 bits per heavy atom. The Morgan fingerprint density at radius 2 is 2.19 bits per heavy atom. The molecule has 0 fully saturated rings. The van der Waals surface area contributed by atoms with Gasteiger partial charge in [0.2, 0.25) is 5.91 Å². The fraction of sp³-hybridized carbons (Fsp3) is 0.100. The predicted molar refractivity (Wildman–Crippen MR) is 60.9 cm³/mol. The Balaban J connectivity index is 2.45. The van der Waals surface area contributed by atoms with Gasteiger partial charge in [-0.15, -0.1) is 0 Å². The van der Waals surface area contributed by atoms with Gasteiger partial charge in [-0.05, 0) is 18.2 Å². The Labute approximate surface area is 94.7 Å². The number of hydrogen-bond acceptors (Lipinski definition) is 4. The lowest BCUT2D eigenvalue weighted by Crippen LogP contribution is -2.04. The van der Waals surface area contributed by atoms with Gasteiger partial charge < -0.3 is 10.4 Å². The summed E-state index contributed by atoms with van der Waals surface area (Å²) in [6, 6.07) is 4.68. The van der Waals surface area contributed by atoms with Crippen molar-refractivity contribution in [3.8, 4) is 0 Å². The van der Waals surface area contributed by atoms with Crippen LogP contribution in [0.15, 0.2) is 18.2 Å². The molecule has 0 atom stereocenters. The van der Waals surface area contributed by atoms with Gasteiger partial charge in [0.25, 0.3) is 0 Å². The van der Waals surface area contributed by atoms with E-state index < -0.39 is 5.97 Å². The lowest BCUT2D eigenvalue weighted by molar-refractivity contribution is -0.114. The number of rotatable bonds is 2. The number of nitrogens with zero attached hydrogens (tertiary/aromatic N) is 1. The monoisotopic (exact) mass is 236 g/mol. The highest BCUT2D eigenvalue weighted by Crippen LogP contribution is 2.26. The number of carboxylic acid groups (broad SMARTS) is 1. The van der Waals surface area contributed by atoms with Gasteiger partial charge in [0.05, 0.1) is 15.8 Å². The molecule has 1 aromatic heterocycles. The van der Waals surface area contributed by atoms with Crippen LogP contribution in [0, 0.1) is 0 Å². The first kappa shape index (κ1) is 10.6. The topological polar surface area (TPSA) is 79.3 Å². The maximum atomic E-state index is 10.8. The lowest BCUT2D eigenvalue weighted by Gasteiger charge is -1.92. The minimum absolute atomic E-state index is 0.187. The van der Waals surface area contributed by atoms with E-state index in [1.807, 2.05) is 0 Å². The van der Waals surface area contributed by atoms with Crippen molar-refractivity contribution >= 4 is 38.6 Å². The number of aromatic nitrogens is 1. The predicted octanol–water partition coefficient (Wildman–Crippen LogP) is 1.95. The normalized spacial score (nSPS) is 10.3. The van der Waals surface area contributed by atoms with Crippen molar-refractivity contribution in [2.75, 3.05) is 5.32 Å². The van der Waals surface area contributed by atoms with Crippen LogP contribution in [0.2, 0.25) is 0 Å².